The molecule has 3 rings (SSSR count). The van der Waals surface area contributed by atoms with Crippen molar-refractivity contribution < 1.29 is 9.84 Å². The van der Waals surface area contributed by atoms with Gasteiger partial charge in [-0.2, -0.15) is 0 Å². The minimum atomic E-state index is -0.569. The van der Waals surface area contributed by atoms with E-state index < -0.39 is 6.10 Å². The van der Waals surface area contributed by atoms with Gasteiger partial charge in [0, 0.05) is 29.9 Å². The van der Waals surface area contributed by atoms with Crippen LogP contribution < -0.4 is 4.74 Å². The molecule has 0 aliphatic rings. The van der Waals surface area contributed by atoms with E-state index in [1.54, 1.807) is 6.33 Å². The van der Waals surface area contributed by atoms with Crippen molar-refractivity contribution in [2.75, 3.05) is 12.4 Å². The highest BCUT2D eigenvalue weighted by Gasteiger charge is 2.10. The summed E-state index contributed by atoms with van der Waals surface area (Å²) in [5, 5.41) is 19.6. The zero-order valence-corrected chi connectivity index (χ0v) is 12.4. The zero-order chi connectivity index (χ0) is 14.7. The normalized spacial score (nSPS) is 12.7. The van der Waals surface area contributed by atoms with Crippen LogP contribution in [0.2, 0.25) is 0 Å². The van der Waals surface area contributed by atoms with Crippen LogP contribution in [0.4, 0.5) is 0 Å². The largest absolute Gasteiger partial charge is 0.490 e. The maximum absolute atomic E-state index is 10.0. The molecule has 2 aromatic heterocycles. The Morgan fingerprint density at radius 2 is 2.33 bits per heavy atom. The predicted molar refractivity (Wildman–Crippen MR) is 81.5 cm³/mol. The highest BCUT2D eigenvalue weighted by Crippen LogP contribution is 2.24. The van der Waals surface area contributed by atoms with Gasteiger partial charge in [0.2, 0.25) is 0 Å². The second kappa shape index (κ2) is 6.19. The Balaban J connectivity index is 1.55. The van der Waals surface area contributed by atoms with E-state index in [0.29, 0.717) is 5.75 Å². The molecule has 2 heterocycles. The Hall–Kier alpha value is -1.99. The third kappa shape index (κ3) is 3.20. The quantitative estimate of drug-likeness (QED) is 0.680. The molecule has 0 bridgehead atoms. The summed E-state index contributed by atoms with van der Waals surface area (Å²) in [6.45, 7) is 0.245. The van der Waals surface area contributed by atoms with Crippen LogP contribution in [0, 0.1) is 0 Å². The number of hydrogen-bond donors (Lipinski definition) is 2. The average Bonchev–Trinajstić information content (AvgIpc) is 3.11. The van der Waals surface area contributed by atoms with E-state index in [1.165, 1.54) is 11.8 Å². The van der Waals surface area contributed by atoms with E-state index in [1.807, 2.05) is 42.1 Å². The molecule has 0 fully saturated rings. The molecule has 7 heteroatoms. The van der Waals surface area contributed by atoms with Crippen molar-refractivity contribution in [3.63, 3.8) is 0 Å². The number of rotatable bonds is 6. The van der Waals surface area contributed by atoms with E-state index in [9.17, 15) is 5.11 Å². The Morgan fingerprint density at radius 3 is 3.14 bits per heavy atom. The van der Waals surface area contributed by atoms with Crippen molar-refractivity contribution in [3.05, 3.63) is 36.8 Å². The molecule has 0 radical (unpaired) electrons. The molecule has 6 nitrogen and oxygen atoms in total. The van der Waals surface area contributed by atoms with Crippen LogP contribution in [0.25, 0.3) is 10.9 Å². The number of nitrogens with zero attached hydrogens (tertiary/aromatic N) is 3. The van der Waals surface area contributed by atoms with Gasteiger partial charge in [0.1, 0.15) is 18.7 Å². The number of nitrogens with one attached hydrogen (secondary N) is 1. The minimum Gasteiger partial charge on any atom is -0.490 e. The molecular formula is C14H16N4O2S. The van der Waals surface area contributed by atoms with E-state index in [-0.39, 0.29) is 6.61 Å². The van der Waals surface area contributed by atoms with Crippen LogP contribution in [0.1, 0.15) is 0 Å². The van der Waals surface area contributed by atoms with Crippen molar-refractivity contribution >= 4 is 22.7 Å². The summed E-state index contributed by atoms with van der Waals surface area (Å²) in [6, 6.07) is 7.78. The number of thioether (sulfide) groups is 1. The summed E-state index contributed by atoms with van der Waals surface area (Å²) in [4.78, 5) is 3.13. The van der Waals surface area contributed by atoms with Crippen LogP contribution in [-0.2, 0) is 7.05 Å². The predicted octanol–water partition coefficient (Wildman–Crippen LogP) is 1.83. The maximum atomic E-state index is 10.0. The van der Waals surface area contributed by atoms with Crippen molar-refractivity contribution in [3.8, 4) is 5.75 Å². The highest BCUT2D eigenvalue weighted by molar-refractivity contribution is 7.99. The van der Waals surface area contributed by atoms with Crippen molar-refractivity contribution in [1.82, 2.24) is 19.7 Å². The molecule has 0 saturated heterocycles. The number of fused-ring (bicyclic) bond motifs is 1. The summed E-state index contributed by atoms with van der Waals surface area (Å²) in [7, 11) is 1.87. The molecule has 3 aromatic rings. The molecule has 21 heavy (non-hydrogen) atoms. The summed E-state index contributed by atoms with van der Waals surface area (Å²) in [5.74, 6) is 1.28. The van der Waals surface area contributed by atoms with Gasteiger partial charge in [-0.1, -0.05) is 17.8 Å². The molecule has 0 unspecified atom stereocenters. The van der Waals surface area contributed by atoms with E-state index in [2.05, 4.69) is 15.2 Å². The average molecular weight is 304 g/mol. The van der Waals surface area contributed by atoms with Crippen LogP contribution in [0.3, 0.4) is 0 Å². The minimum absolute atomic E-state index is 0.245. The first-order valence-electron chi connectivity index (χ1n) is 6.58. The number of benzene rings is 1. The zero-order valence-electron chi connectivity index (χ0n) is 11.6. The smallest absolute Gasteiger partial charge is 0.190 e. The summed E-state index contributed by atoms with van der Waals surface area (Å²) >= 11 is 1.46. The van der Waals surface area contributed by atoms with Crippen LogP contribution in [0.15, 0.2) is 41.9 Å². The lowest BCUT2D eigenvalue weighted by atomic mass is 10.2. The summed E-state index contributed by atoms with van der Waals surface area (Å²) in [6.07, 6.45) is 2.94. The van der Waals surface area contributed by atoms with E-state index >= 15 is 0 Å². The SMILES string of the molecule is Cn1cnnc1SC[C@H](O)COc1cccc2[nH]ccc12. The van der Waals surface area contributed by atoms with E-state index in [0.717, 1.165) is 21.8 Å². The molecule has 2 N–H and O–H groups in total. The topological polar surface area (TPSA) is 76.0 Å². The second-order valence-electron chi connectivity index (χ2n) is 4.70. The van der Waals surface area contributed by atoms with Gasteiger partial charge < -0.3 is 19.4 Å². The fourth-order valence-corrected chi connectivity index (χ4v) is 2.78. The monoisotopic (exact) mass is 304 g/mol. The van der Waals surface area contributed by atoms with Crippen LogP contribution >= 0.6 is 11.8 Å². The van der Waals surface area contributed by atoms with Gasteiger partial charge >= 0.3 is 0 Å². The van der Waals surface area contributed by atoms with Crippen molar-refractivity contribution in [1.29, 1.82) is 0 Å². The number of ether oxygens (including phenoxy) is 1. The molecule has 0 aliphatic carbocycles. The molecule has 0 amide bonds. The molecule has 0 saturated carbocycles. The first-order valence-corrected chi connectivity index (χ1v) is 7.56. The number of aromatic amines is 1. The number of aliphatic hydroxyl groups is 1. The lowest BCUT2D eigenvalue weighted by Crippen LogP contribution is -2.20. The fourth-order valence-electron chi connectivity index (χ4n) is 1.99. The number of hydrogen-bond acceptors (Lipinski definition) is 5. The molecule has 0 spiro atoms. The van der Waals surface area contributed by atoms with Gasteiger partial charge in [-0.3, -0.25) is 0 Å². The molecule has 0 aliphatic heterocycles. The molecule has 1 atom stereocenters. The number of aromatic nitrogens is 4. The van der Waals surface area contributed by atoms with Gasteiger partial charge in [-0.25, -0.2) is 0 Å². The summed E-state index contributed by atoms with van der Waals surface area (Å²) in [5.41, 5.74) is 1.02. The lowest BCUT2D eigenvalue weighted by Gasteiger charge is -2.12. The third-order valence-corrected chi connectivity index (χ3v) is 4.24. The maximum Gasteiger partial charge on any atom is 0.190 e. The third-order valence-electron chi connectivity index (χ3n) is 3.06. The Bertz CT molecular complexity index is 724. The number of aryl methyl sites for hydroxylation is 1. The van der Waals surface area contributed by atoms with Crippen LogP contribution in [-0.4, -0.2) is 43.3 Å². The molecule has 1 aromatic carbocycles. The molecular weight excluding hydrogens is 288 g/mol. The van der Waals surface area contributed by atoms with Gasteiger partial charge in [0.25, 0.3) is 0 Å². The number of H-pyrrole nitrogens is 1. The highest BCUT2D eigenvalue weighted by atomic mass is 32.2. The number of aliphatic hydroxyl groups excluding tert-OH is 1. The summed E-state index contributed by atoms with van der Waals surface area (Å²) < 4.78 is 7.53. The van der Waals surface area contributed by atoms with Gasteiger partial charge in [0.05, 0.1) is 6.10 Å². The van der Waals surface area contributed by atoms with E-state index in [4.69, 9.17) is 4.74 Å². The lowest BCUT2D eigenvalue weighted by molar-refractivity contribution is 0.127. The van der Waals surface area contributed by atoms with Gasteiger partial charge in [-0.05, 0) is 18.2 Å². The Kier molecular flexibility index (Phi) is 4.12. The second-order valence-corrected chi connectivity index (χ2v) is 5.68. The first kappa shape index (κ1) is 14.0. The first-order chi connectivity index (χ1) is 10.2. The standard InChI is InChI=1S/C14H16N4O2S/c1-18-9-16-17-14(18)21-8-10(19)7-20-13-4-2-3-12-11(13)5-6-15-12/h2-6,9-10,15,19H,7-8H2,1H3/t10-/m1/s1. The molecule has 110 valence electrons. The fraction of sp³-hybridized carbons (Fsp3) is 0.286. The Labute approximate surface area is 126 Å². The Morgan fingerprint density at radius 1 is 1.43 bits per heavy atom. The van der Waals surface area contributed by atoms with Gasteiger partial charge in [0.15, 0.2) is 5.16 Å². The van der Waals surface area contributed by atoms with Crippen molar-refractivity contribution in [2.45, 2.75) is 11.3 Å². The van der Waals surface area contributed by atoms with Crippen LogP contribution in [0.5, 0.6) is 5.75 Å². The van der Waals surface area contributed by atoms with Crippen molar-refractivity contribution in [2.24, 2.45) is 7.05 Å². The van der Waals surface area contributed by atoms with Gasteiger partial charge in [-0.15, -0.1) is 10.2 Å².